The summed E-state index contributed by atoms with van der Waals surface area (Å²) < 4.78 is 1.62. The first-order valence-corrected chi connectivity index (χ1v) is 3.55. The van der Waals surface area contributed by atoms with E-state index in [0.29, 0.717) is 5.56 Å². The van der Waals surface area contributed by atoms with Crippen LogP contribution in [0.5, 0.6) is 0 Å². The van der Waals surface area contributed by atoms with Gasteiger partial charge in [0.25, 0.3) is 0 Å². The van der Waals surface area contributed by atoms with Crippen molar-refractivity contribution in [1.82, 2.24) is 9.78 Å². The number of nitrogens with zero attached hydrogens (tertiary/aromatic N) is 3. The molecule has 0 amide bonds. The molecule has 1 rings (SSSR count). The minimum absolute atomic E-state index is 0.0769. The molecule has 1 aromatic rings. The number of Topliss-reactive ketones (excluding diaryl/α,β-unsaturated/α-hetero) is 1. The molecular weight excluding hydrogens is 154 g/mol. The van der Waals surface area contributed by atoms with Crippen LogP contribution >= 0.6 is 0 Å². The second-order valence-electron chi connectivity index (χ2n) is 2.53. The Morgan fingerprint density at radius 1 is 1.83 bits per heavy atom. The van der Waals surface area contributed by atoms with Crippen LogP contribution in [0.25, 0.3) is 0 Å². The summed E-state index contributed by atoms with van der Waals surface area (Å²) >= 11 is 0. The van der Waals surface area contributed by atoms with Gasteiger partial charge in [-0.25, -0.2) is 0 Å². The third kappa shape index (κ3) is 1.35. The summed E-state index contributed by atoms with van der Waals surface area (Å²) in [5.74, 6) is -0.164. The number of hydrogen-bond acceptors (Lipinski definition) is 3. The SMILES string of the molecule is Cc1c(C(=O)CC#N)cnn1C. The molecule has 0 spiro atoms. The molecule has 62 valence electrons. The molecule has 0 saturated heterocycles. The number of carbonyl (C=O) groups excluding carboxylic acids is 1. The van der Waals surface area contributed by atoms with Crippen molar-refractivity contribution >= 4 is 5.78 Å². The van der Waals surface area contributed by atoms with Crippen LogP contribution in [0.3, 0.4) is 0 Å². The summed E-state index contributed by atoms with van der Waals surface area (Å²) in [5, 5.41) is 12.2. The molecule has 1 heterocycles. The van der Waals surface area contributed by atoms with Crippen molar-refractivity contribution in [1.29, 1.82) is 5.26 Å². The van der Waals surface area contributed by atoms with Crippen LogP contribution in [0, 0.1) is 18.3 Å². The molecule has 0 N–H and O–H groups in total. The Hall–Kier alpha value is -1.63. The molecule has 0 saturated carbocycles. The normalized spacial score (nSPS) is 9.42. The van der Waals surface area contributed by atoms with Gasteiger partial charge in [0.1, 0.15) is 0 Å². The first-order chi connectivity index (χ1) is 5.66. The molecule has 0 aliphatic carbocycles. The molecule has 12 heavy (non-hydrogen) atoms. The van der Waals surface area contributed by atoms with Crippen molar-refractivity contribution in [2.45, 2.75) is 13.3 Å². The average Bonchev–Trinajstić information content (AvgIpc) is 2.34. The number of carbonyl (C=O) groups is 1. The van der Waals surface area contributed by atoms with Crippen LogP contribution in [0.1, 0.15) is 22.5 Å². The van der Waals surface area contributed by atoms with Crippen molar-refractivity contribution in [2.75, 3.05) is 0 Å². The molecule has 0 aromatic carbocycles. The molecule has 0 radical (unpaired) electrons. The van der Waals surface area contributed by atoms with Gasteiger partial charge < -0.3 is 0 Å². The minimum Gasteiger partial charge on any atom is -0.293 e. The molecule has 0 unspecified atom stereocenters. The average molecular weight is 163 g/mol. The van der Waals surface area contributed by atoms with E-state index in [1.165, 1.54) is 6.20 Å². The maximum Gasteiger partial charge on any atom is 0.180 e. The van der Waals surface area contributed by atoms with Gasteiger partial charge in [-0.05, 0) is 6.92 Å². The Morgan fingerprint density at radius 3 is 2.92 bits per heavy atom. The maximum absolute atomic E-state index is 11.2. The molecule has 0 bridgehead atoms. The third-order valence-electron chi connectivity index (χ3n) is 1.78. The summed E-state index contributed by atoms with van der Waals surface area (Å²) in [5.41, 5.74) is 1.34. The Balaban J connectivity index is 2.97. The first-order valence-electron chi connectivity index (χ1n) is 3.55. The zero-order chi connectivity index (χ0) is 9.14. The van der Waals surface area contributed by atoms with Crippen LogP contribution in [-0.4, -0.2) is 15.6 Å². The number of aryl methyl sites for hydroxylation is 1. The van der Waals surface area contributed by atoms with E-state index in [2.05, 4.69) is 5.10 Å². The van der Waals surface area contributed by atoms with E-state index in [1.54, 1.807) is 18.7 Å². The Bertz CT molecular complexity index is 346. The van der Waals surface area contributed by atoms with E-state index in [-0.39, 0.29) is 12.2 Å². The van der Waals surface area contributed by atoms with Crippen molar-refractivity contribution < 1.29 is 4.79 Å². The Kier molecular flexibility index (Phi) is 2.24. The van der Waals surface area contributed by atoms with Gasteiger partial charge in [-0.2, -0.15) is 10.4 Å². The molecule has 0 atom stereocenters. The van der Waals surface area contributed by atoms with E-state index in [9.17, 15) is 4.79 Å². The van der Waals surface area contributed by atoms with Crippen LogP contribution in [0.4, 0.5) is 0 Å². The van der Waals surface area contributed by atoms with Gasteiger partial charge in [-0.1, -0.05) is 0 Å². The number of ketones is 1. The lowest BCUT2D eigenvalue weighted by Crippen LogP contribution is -2.00. The fourth-order valence-electron chi connectivity index (χ4n) is 0.939. The van der Waals surface area contributed by atoms with Crippen molar-refractivity contribution in [2.24, 2.45) is 7.05 Å². The van der Waals surface area contributed by atoms with E-state index in [0.717, 1.165) is 5.69 Å². The lowest BCUT2D eigenvalue weighted by molar-refractivity contribution is 0.0997. The van der Waals surface area contributed by atoms with Gasteiger partial charge in [-0.15, -0.1) is 0 Å². The highest BCUT2D eigenvalue weighted by molar-refractivity contribution is 5.98. The standard InChI is InChI=1S/C8H9N3O/c1-6-7(5-10-11(6)2)8(12)3-4-9/h5H,3H2,1-2H3. The Labute approximate surface area is 70.4 Å². The van der Waals surface area contributed by atoms with Gasteiger partial charge in [0.2, 0.25) is 0 Å². The van der Waals surface area contributed by atoms with E-state index in [4.69, 9.17) is 5.26 Å². The smallest absolute Gasteiger partial charge is 0.180 e. The predicted molar refractivity (Wildman–Crippen MR) is 42.5 cm³/mol. The topological polar surface area (TPSA) is 58.7 Å². The van der Waals surface area contributed by atoms with Crippen LogP contribution in [0.15, 0.2) is 6.20 Å². The zero-order valence-corrected chi connectivity index (χ0v) is 7.03. The quantitative estimate of drug-likeness (QED) is 0.606. The molecule has 0 aliphatic rings. The van der Waals surface area contributed by atoms with Crippen LogP contribution < -0.4 is 0 Å². The monoisotopic (exact) mass is 163 g/mol. The number of hydrogen-bond donors (Lipinski definition) is 0. The lowest BCUT2D eigenvalue weighted by Gasteiger charge is -1.94. The van der Waals surface area contributed by atoms with E-state index >= 15 is 0 Å². The van der Waals surface area contributed by atoms with Gasteiger partial charge in [-0.3, -0.25) is 9.48 Å². The van der Waals surface area contributed by atoms with Crippen molar-refractivity contribution in [3.8, 4) is 6.07 Å². The second kappa shape index (κ2) is 3.18. The summed E-state index contributed by atoms with van der Waals surface area (Å²) in [6.07, 6.45) is 1.42. The van der Waals surface area contributed by atoms with Crippen LogP contribution in [0.2, 0.25) is 0 Å². The predicted octanol–water partition coefficient (Wildman–Crippen LogP) is 0.825. The van der Waals surface area contributed by atoms with Crippen LogP contribution in [-0.2, 0) is 7.05 Å². The summed E-state index contributed by atoms with van der Waals surface area (Å²) in [4.78, 5) is 11.2. The van der Waals surface area contributed by atoms with E-state index < -0.39 is 0 Å². The van der Waals surface area contributed by atoms with Gasteiger partial charge in [0.05, 0.1) is 24.3 Å². The summed E-state index contributed by atoms with van der Waals surface area (Å²) in [6.45, 7) is 1.80. The first kappa shape index (κ1) is 8.47. The van der Waals surface area contributed by atoms with Gasteiger partial charge in [0.15, 0.2) is 5.78 Å². The fourth-order valence-corrected chi connectivity index (χ4v) is 0.939. The summed E-state index contributed by atoms with van der Waals surface area (Å²) in [6, 6.07) is 1.82. The van der Waals surface area contributed by atoms with Crippen molar-refractivity contribution in [3.05, 3.63) is 17.5 Å². The number of aromatic nitrogens is 2. The Morgan fingerprint density at radius 2 is 2.50 bits per heavy atom. The zero-order valence-electron chi connectivity index (χ0n) is 7.03. The number of nitriles is 1. The highest BCUT2D eigenvalue weighted by atomic mass is 16.1. The van der Waals surface area contributed by atoms with Gasteiger partial charge >= 0.3 is 0 Å². The molecular formula is C8H9N3O. The highest BCUT2D eigenvalue weighted by Crippen LogP contribution is 2.07. The van der Waals surface area contributed by atoms with Crippen molar-refractivity contribution in [3.63, 3.8) is 0 Å². The largest absolute Gasteiger partial charge is 0.293 e. The molecule has 4 heteroatoms. The minimum atomic E-state index is -0.164. The van der Waals surface area contributed by atoms with Gasteiger partial charge in [0, 0.05) is 12.7 Å². The second-order valence-corrected chi connectivity index (χ2v) is 2.53. The molecule has 1 aromatic heterocycles. The number of rotatable bonds is 2. The lowest BCUT2D eigenvalue weighted by atomic mass is 10.1. The fraction of sp³-hybridized carbons (Fsp3) is 0.375. The third-order valence-corrected chi connectivity index (χ3v) is 1.78. The highest BCUT2D eigenvalue weighted by Gasteiger charge is 2.11. The molecule has 0 aliphatic heterocycles. The maximum atomic E-state index is 11.2. The summed E-state index contributed by atoms with van der Waals surface area (Å²) in [7, 11) is 1.76. The van der Waals surface area contributed by atoms with E-state index in [1.807, 2.05) is 6.07 Å². The molecule has 0 fully saturated rings. The molecule has 4 nitrogen and oxygen atoms in total.